The molecule has 25 heavy (non-hydrogen) atoms. The summed E-state index contributed by atoms with van der Waals surface area (Å²) in [5.41, 5.74) is 1.22. The van der Waals surface area contributed by atoms with E-state index in [1.54, 1.807) is 32.4 Å². The van der Waals surface area contributed by atoms with E-state index in [4.69, 9.17) is 18.9 Å². The molecule has 0 aliphatic rings. The molecule has 0 radical (unpaired) electrons. The van der Waals surface area contributed by atoms with Crippen molar-refractivity contribution in [3.63, 3.8) is 0 Å². The summed E-state index contributed by atoms with van der Waals surface area (Å²) in [7, 11) is 4.66. The van der Waals surface area contributed by atoms with Crippen molar-refractivity contribution in [3.05, 3.63) is 53.6 Å². The van der Waals surface area contributed by atoms with E-state index in [0.29, 0.717) is 29.4 Å². The first-order valence-electron chi connectivity index (χ1n) is 7.88. The Labute approximate surface area is 147 Å². The van der Waals surface area contributed by atoms with Gasteiger partial charge in [-0.25, -0.2) is 0 Å². The monoisotopic (exact) mass is 342 g/mol. The van der Waals surface area contributed by atoms with Crippen molar-refractivity contribution in [2.24, 2.45) is 0 Å². The second kappa shape index (κ2) is 8.78. The molecule has 0 saturated carbocycles. The van der Waals surface area contributed by atoms with Crippen molar-refractivity contribution in [1.29, 1.82) is 0 Å². The minimum atomic E-state index is -0.217. The zero-order chi connectivity index (χ0) is 18.2. The molecular weight excluding hydrogens is 320 g/mol. The summed E-state index contributed by atoms with van der Waals surface area (Å²) < 4.78 is 21.4. The molecule has 5 nitrogen and oxygen atoms in total. The summed E-state index contributed by atoms with van der Waals surface area (Å²) in [4.78, 5) is 12.7. The molecule has 2 rings (SSSR count). The SMILES string of the molecule is CCOc1cc(OC)cc(OC)c1C(=O)/C=C/c1cccc(OC)c1. The molecule has 0 unspecified atom stereocenters. The normalized spacial score (nSPS) is 10.6. The van der Waals surface area contributed by atoms with E-state index >= 15 is 0 Å². The average Bonchev–Trinajstić information content (AvgIpc) is 2.65. The van der Waals surface area contributed by atoms with Crippen LogP contribution in [0.5, 0.6) is 23.0 Å². The fourth-order valence-corrected chi connectivity index (χ4v) is 2.36. The Balaban J connectivity index is 2.38. The highest BCUT2D eigenvalue weighted by Gasteiger charge is 2.18. The van der Waals surface area contributed by atoms with E-state index < -0.39 is 0 Å². The first kappa shape index (κ1) is 18.4. The van der Waals surface area contributed by atoms with Crippen molar-refractivity contribution < 1.29 is 23.7 Å². The number of carbonyl (C=O) groups excluding carboxylic acids is 1. The summed E-state index contributed by atoms with van der Waals surface area (Å²) in [6.45, 7) is 2.28. The smallest absolute Gasteiger partial charge is 0.193 e. The van der Waals surface area contributed by atoms with Gasteiger partial charge in [-0.1, -0.05) is 18.2 Å². The van der Waals surface area contributed by atoms with E-state index in [1.807, 2.05) is 31.2 Å². The molecule has 0 aromatic heterocycles. The molecule has 0 aliphatic heterocycles. The third-order valence-electron chi connectivity index (χ3n) is 3.56. The quantitative estimate of drug-likeness (QED) is 0.536. The summed E-state index contributed by atoms with van der Waals surface area (Å²) in [5.74, 6) is 1.91. The van der Waals surface area contributed by atoms with Crippen LogP contribution in [0.25, 0.3) is 6.08 Å². The molecule has 2 aromatic rings. The average molecular weight is 342 g/mol. The van der Waals surface area contributed by atoms with E-state index in [-0.39, 0.29) is 5.78 Å². The highest BCUT2D eigenvalue weighted by molar-refractivity contribution is 6.10. The molecule has 5 heteroatoms. The number of hydrogen-bond acceptors (Lipinski definition) is 5. The lowest BCUT2D eigenvalue weighted by molar-refractivity contribution is 0.104. The molecule has 0 aliphatic carbocycles. The Morgan fingerprint density at radius 1 is 0.960 bits per heavy atom. The molecule has 0 spiro atoms. The maximum atomic E-state index is 12.7. The number of ketones is 1. The van der Waals surface area contributed by atoms with Crippen LogP contribution in [-0.2, 0) is 0 Å². The van der Waals surface area contributed by atoms with E-state index in [9.17, 15) is 4.79 Å². The predicted octanol–water partition coefficient (Wildman–Crippen LogP) is 4.01. The molecule has 2 aromatic carbocycles. The lowest BCUT2D eigenvalue weighted by Gasteiger charge is -2.14. The first-order valence-corrected chi connectivity index (χ1v) is 7.88. The summed E-state index contributed by atoms with van der Waals surface area (Å²) >= 11 is 0. The van der Waals surface area contributed by atoms with Crippen molar-refractivity contribution in [2.45, 2.75) is 6.92 Å². The number of methoxy groups -OCH3 is 3. The Morgan fingerprint density at radius 2 is 1.68 bits per heavy atom. The van der Waals surface area contributed by atoms with Gasteiger partial charge in [0.1, 0.15) is 28.6 Å². The van der Waals surface area contributed by atoms with Gasteiger partial charge in [0, 0.05) is 12.1 Å². The van der Waals surface area contributed by atoms with E-state index in [2.05, 4.69) is 0 Å². The molecule has 0 amide bonds. The van der Waals surface area contributed by atoms with Crippen LogP contribution in [0.2, 0.25) is 0 Å². The predicted molar refractivity (Wildman–Crippen MR) is 97.1 cm³/mol. The lowest BCUT2D eigenvalue weighted by atomic mass is 10.1. The highest BCUT2D eigenvalue weighted by atomic mass is 16.5. The second-order valence-corrected chi connectivity index (χ2v) is 5.11. The number of allylic oxidation sites excluding steroid dienone is 1. The van der Waals surface area contributed by atoms with Crippen LogP contribution in [0, 0.1) is 0 Å². The van der Waals surface area contributed by atoms with Crippen molar-refractivity contribution in [1.82, 2.24) is 0 Å². The van der Waals surface area contributed by atoms with Gasteiger partial charge in [-0.05, 0) is 30.7 Å². The molecule has 0 fully saturated rings. The van der Waals surface area contributed by atoms with Crippen LogP contribution in [0.1, 0.15) is 22.8 Å². The topological polar surface area (TPSA) is 54.0 Å². The van der Waals surface area contributed by atoms with Crippen molar-refractivity contribution in [3.8, 4) is 23.0 Å². The number of benzene rings is 2. The van der Waals surface area contributed by atoms with Gasteiger partial charge in [0.15, 0.2) is 5.78 Å². The maximum absolute atomic E-state index is 12.7. The standard InChI is InChI=1S/C20H22O5/c1-5-25-19-13-16(23-3)12-18(24-4)20(19)17(21)10-9-14-7-6-8-15(11-14)22-2/h6-13H,5H2,1-4H3/b10-9+. The summed E-state index contributed by atoms with van der Waals surface area (Å²) in [6, 6.07) is 10.8. The Hall–Kier alpha value is -2.95. The van der Waals surface area contributed by atoms with Crippen LogP contribution in [0.15, 0.2) is 42.5 Å². The van der Waals surface area contributed by atoms with E-state index in [0.717, 1.165) is 11.3 Å². The fourth-order valence-electron chi connectivity index (χ4n) is 2.36. The molecule has 0 bridgehead atoms. The third-order valence-corrected chi connectivity index (χ3v) is 3.56. The molecule has 0 saturated heterocycles. The molecular formula is C20H22O5. The third kappa shape index (κ3) is 4.53. The van der Waals surface area contributed by atoms with Crippen LogP contribution in [0.3, 0.4) is 0 Å². The Morgan fingerprint density at radius 3 is 2.32 bits per heavy atom. The van der Waals surface area contributed by atoms with Crippen molar-refractivity contribution >= 4 is 11.9 Å². The van der Waals surface area contributed by atoms with Gasteiger partial charge in [0.05, 0.1) is 27.9 Å². The van der Waals surface area contributed by atoms with Crippen LogP contribution >= 0.6 is 0 Å². The largest absolute Gasteiger partial charge is 0.497 e. The highest BCUT2D eigenvalue weighted by Crippen LogP contribution is 2.35. The summed E-state index contributed by atoms with van der Waals surface area (Å²) in [5, 5.41) is 0. The van der Waals surface area contributed by atoms with Gasteiger partial charge in [-0.3, -0.25) is 4.79 Å². The molecule has 0 N–H and O–H groups in total. The maximum Gasteiger partial charge on any atom is 0.193 e. The fraction of sp³-hybridized carbons (Fsp3) is 0.250. The van der Waals surface area contributed by atoms with Gasteiger partial charge in [0.2, 0.25) is 0 Å². The number of ether oxygens (including phenoxy) is 4. The van der Waals surface area contributed by atoms with Gasteiger partial charge in [0.25, 0.3) is 0 Å². The van der Waals surface area contributed by atoms with Gasteiger partial charge in [-0.15, -0.1) is 0 Å². The summed E-state index contributed by atoms with van der Waals surface area (Å²) in [6.07, 6.45) is 3.21. The second-order valence-electron chi connectivity index (χ2n) is 5.11. The number of carbonyl (C=O) groups is 1. The zero-order valence-corrected chi connectivity index (χ0v) is 14.9. The van der Waals surface area contributed by atoms with Crippen LogP contribution in [0.4, 0.5) is 0 Å². The lowest BCUT2D eigenvalue weighted by Crippen LogP contribution is -2.05. The van der Waals surface area contributed by atoms with Crippen molar-refractivity contribution in [2.75, 3.05) is 27.9 Å². The molecule has 132 valence electrons. The van der Waals surface area contributed by atoms with Gasteiger partial charge >= 0.3 is 0 Å². The minimum absolute atomic E-state index is 0.217. The Bertz CT molecular complexity index is 765. The number of rotatable bonds is 8. The van der Waals surface area contributed by atoms with E-state index in [1.165, 1.54) is 13.2 Å². The minimum Gasteiger partial charge on any atom is -0.497 e. The van der Waals surface area contributed by atoms with Gasteiger partial charge < -0.3 is 18.9 Å². The van der Waals surface area contributed by atoms with Crippen LogP contribution < -0.4 is 18.9 Å². The number of hydrogen-bond donors (Lipinski definition) is 0. The molecule has 0 atom stereocenters. The van der Waals surface area contributed by atoms with Crippen LogP contribution in [-0.4, -0.2) is 33.7 Å². The molecule has 0 heterocycles. The van der Waals surface area contributed by atoms with Gasteiger partial charge in [-0.2, -0.15) is 0 Å². The Kier molecular flexibility index (Phi) is 6.46. The zero-order valence-electron chi connectivity index (χ0n) is 14.9. The first-order chi connectivity index (χ1) is 12.1.